The zero-order chi connectivity index (χ0) is 25.3. The third-order valence-corrected chi connectivity index (χ3v) is 9.68. The van der Waals surface area contributed by atoms with Gasteiger partial charge in [-0.25, -0.2) is 13.4 Å². The summed E-state index contributed by atoms with van der Waals surface area (Å²) in [7, 11) is -3.46. The molecule has 0 radical (unpaired) electrons. The van der Waals surface area contributed by atoms with Gasteiger partial charge in [-0.3, -0.25) is 14.6 Å². The van der Waals surface area contributed by atoms with Crippen LogP contribution < -0.4 is 4.90 Å². The van der Waals surface area contributed by atoms with Crippen LogP contribution >= 0.6 is 22.9 Å². The Labute approximate surface area is 220 Å². The van der Waals surface area contributed by atoms with Gasteiger partial charge < -0.3 is 4.74 Å². The summed E-state index contributed by atoms with van der Waals surface area (Å²) in [6, 6.07) is 12.8. The minimum Gasteiger partial charge on any atom is -0.379 e. The summed E-state index contributed by atoms with van der Waals surface area (Å²) in [6.07, 6.45) is 4.67. The lowest BCUT2D eigenvalue weighted by molar-refractivity contribution is -0.124. The quantitative estimate of drug-likeness (QED) is 0.432. The highest BCUT2D eigenvalue weighted by molar-refractivity contribution is 7.91. The fourth-order valence-corrected chi connectivity index (χ4v) is 7.35. The van der Waals surface area contributed by atoms with Gasteiger partial charge in [-0.15, -0.1) is 0 Å². The van der Waals surface area contributed by atoms with Crippen molar-refractivity contribution in [3.8, 4) is 0 Å². The third kappa shape index (κ3) is 5.04. The van der Waals surface area contributed by atoms with E-state index in [9.17, 15) is 13.2 Å². The summed E-state index contributed by atoms with van der Waals surface area (Å²) in [5.74, 6) is 0.0237. The van der Waals surface area contributed by atoms with Crippen molar-refractivity contribution in [2.24, 2.45) is 0 Å². The first-order valence-electron chi connectivity index (χ1n) is 12.3. The van der Waals surface area contributed by atoms with Crippen LogP contribution in [-0.2, 0) is 24.8 Å². The van der Waals surface area contributed by atoms with Gasteiger partial charge in [-0.1, -0.05) is 54.0 Å². The van der Waals surface area contributed by atoms with Gasteiger partial charge in [0.15, 0.2) is 15.0 Å². The zero-order valence-corrected chi connectivity index (χ0v) is 22.7. The summed E-state index contributed by atoms with van der Waals surface area (Å²) < 4.78 is 31.1. The Hall–Kier alpha value is -2.04. The SMILES string of the molecule is CS(=O)(=O)c1cccc2sc(N(CCN3CCOCC3)C(=O)C3(c4ccc(Cl)cc4)CCCC3)nc12. The van der Waals surface area contributed by atoms with Crippen LogP contribution in [-0.4, -0.2) is 69.9 Å². The van der Waals surface area contributed by atoms with Gasteiger partial charge in [0.05, 0.1) is 28.2 Å². The number of carbonyl (C=O) groups excluding carboxylic acids is 1. The number of amides is 1. The molecule has 0 atom stereocenters. The average molecular weight is 548 g/mol. The minimum atomic E-state index is -3.46. The topological polar surface area (TPSA) is 79.8 Å². The molecule has 0 spiro atoms. The number of fused-ring (bicyclic) bond motifs is 1. The molecule has 1 saturated carbocycles. The number of ether oxygens (including phenoxy) is 1. The van der Waals surface area contributed by atoms with Crippen LogP contribution in [0.2, 0.25) is 5.02 Å². The number of hydrogen-bond acceptors (Lipinski definition) is 7. The molecule has 0 unspecified atom stereocenters. The van der Waals surface area contributed by atoms with Crippen LogP contribution in [0, 0.1) is 0 Å². The van der Waals surface area contributed by atoms with Gasteiger partial charge in [0.1, 0.15) is 5.52 Å². The maximum atomic E-state index is 14.5. The molecule has 3 aromatic rings. The number of para-hydroxylation sites is 1. The molecule has 1 aliphatic heterocycles. The van der Waals surface area contributed by atoms with Crippen LogP contribution in [0.4, 0.5) is 5.13 Å². The van der Waals surface area contributed by atoms with Crippen LogP contribution in [0.3, 0.4) is 0 Å². The first-order chi connectivity index (χ1) is 17.3. The van der Waals surface area contributed by atoms with E-state index >= 15 is 0 Å². The fraction of sp³-hybridized carbons (Fsp3) is 0.462. The van der Waals surface area contributed by atoms with Crippen LogP contribution in [0.5, 0.6) is 0 Å². The molecule has 192 valence electrons. The van der Waals surface area contributed by atoms with Crippen molar-refractivity contribution in [2.75, 3.05) is 50.5 Å². The summed E-state index contributed by atoms with van der Waals surface area (Å²) in [5, 5.41) is 1.18. The van der Waals surface area contributed by atoms with E-state index in [1.165, 1.54) is 17.6 Å². The van der Waals surface area contributed by atoms with Crippen molar-refractivity contribution in [2.45, 2.75) is 36.0 Å². The molecular formula is C26H30ClN3O4S2. The van der Waals surface area contributed by atoms with Gasteiger partial charge in [0.25, 0.3) is 0 Å². The predicted molar refractivity (Wildman–Crippen MR) is 144 cm³/mol. The van der Waals surface area contributed by atoms with E-state index in [0.717, 1.165) is 49.0 Å². The Bertz CT molecular complexity index is 1350. The Kier molecular flexibility index (Phi) is 7.38. The molecule has 2 heterocycles. The molecule has 1 saturated heterocycles. The number of nitrogens with zero attached hydrogens (tertiary/aromatic N) is 3. The standard InChI is InChI=1S/C26H30ClN3O4S2/c1-36(32,33)22-6-4-5-21-23(22)28-25(35-21)30(14-13-29-15-17-34-18-16-29)24(31)26(11-2-3-12-26)19-7-9-20(27)10-8-19/h4-10H,2-3,11-18H2,1H3. The summed E-state index contributed by atoms with van der Waals surface area (Å²) >= 11 is 7.54. The van der Waals surface area contributed by atoms with E-state index in [1.54, 1.807) is 17.0 Å². The molecule has 2 aromatic carbocycles. The highest BCUT2D eigenvalue weighted by Crippen LogP contribution is 2.44. The minimum absolute atomic E-state index is 0.0237. The number of morpholine rings is 1. The number of aromatic nitrogens is 1. The molecule has 1 aromatic heterocycles. The summed E-state index contributed by atoms with van der Waals surface area (Å²) in [6.45, 7) is 4.18. The smallest absolute Gasteiger partial charge is 0.239 e. The van der Waals surface area contributed by atoms with Crippen LogP contribution in [0.15, 0.2) is 47.4 Å². The number of anilines is 1. The Morgan fingerprint density at radius 3 is 2.50 bits per heavy atom. The van der Waals surface area contributed by atoms with Crippen molar-refractivity contribution >= 4 is 54.0 Å². The van der Waals surface area contributed by atoms with E-state index in [0.29, 0.717) is 42.0 Å². The lowest BCUT2D eigenvalue weighted by Gasteiger charge is -2.35. The molecule has 1 amide bonds. The van der Waals surface area contributed by atoms with E-state index in [2.05, 4.69) is 4.90 Å². The van der Waals surface area contributed by atoms with E-state index in [1.807, 2.05) is 30.3 Å². The summed E-state index contributed by atoms with van der Waals surface area (Å²) in [5.41, 5.74) is 0.757. The number of halogens is 1. The van der Waals surface area contributed by atoms with Crippen molar-refractivity contribution in [3.63, 3.8) is 0 Å². The largest absolute Gasteiger partial charge is 0.379 e. The normalized spacial score (nSPS) is 18.5. The number of hydrogen-bond donors (Lipinski definition) is 0. The zero-order valence-electron chi connectivity index (χ0n) is 20.3. The molecule has 1 aliphatic carbocycles. The van der Waals surface area contributed by atoms with Crippen LogP contribution in [0.1, 0.15) is 31.2 Å². The monoisotopic (exact) mass is 547 g/mol. The molecule has 10 heteroatoms. The highest BCUT2D eigenvalue weighted by Gasteiger charge is 2.46. The maximum absolute atomic E-state index is 14.5. The Balaban J connectivity index is 1.56. The molecule has 0 bridgehead atoms. The number of thiazole rings is 1. The number of benzene rings is 2. The van der Waals surface area contributed by atoms with E-state index in [4.69, 9.17) is 21.3 Å². The molecule has 2 aliphatic rings. The molecule has 2 fully saturated rings. The van der Waals surface area contributed by atoms with Gasteiger partial charge in [-0.2, -0.15) is 0 Å². The second-order valence-electron chi connectivity index (χ2n) is 9.58. The summed E-state index contributed by atoms with van der Waals surface area (Å²) in [4.78, 5) is 23.5. The van der Waals surface area contributed by atoms with Gasteiger partial charge in [0, 0.05) is 37.5 Å². The third-order valence-electron chi connectivity index (χ3n) is 7.25. The number of rotatable bonds is 7. The molecular weight excluding hydrogens is 518 g/mol. The van der Waals surface area contributed by atoms with Crippen molar-refractivity contribution in [3.05, 3.63) is 53.1 Å². The van der Waals surface area contributed by atoms with Gasteiger partial charge in [0.2, 0.25) is 5.91 Å². The number of carbonyl (C=O) groups is 1. The second kappa shape index (κ2) is 10.4. The average Bonchev–Trinajstić information content (AvgIpc) is 3.53. The first kappa shape index (κ1) is 25.6. The lowest BCUT2D eigenvalue weighted by atomic mass is 9.77. The van der Waals surface area contributed by atoms with E-state index in [-0.39, 0.29) is 10.8 Å². The Morgan fingerprint density at radius 2 is 1.83 bits per heavy atom. The Morgan fingerprint density at radius 1 is 1.14 bits per heavy atom. The van der Waals surface area contributed by atoms with Gasteiger partial charge >= 0.3 is 0 Å². The van der Waals surface area contributed by atoms with Crippen molar-refractivity contribution in [1.82, 2.24) is 9.88 Å². The number of sulfone groups is 1. The van der Waals surface area contributed by atoms with E-state index < -0.39 is 15.3 Å². The van der Waals surface area contributed by atoms with Crippen molar-refractivity contribution < 1.29 is 17.9 Å². The first-order valence-corrected chi connectivity index (χ1v) is 15.3. The molecule has 0 N–H and O–H groups in total. The fourth-order valence-electron chi connectivity index (χ4n) is 5.31. The van der Waals surface area contributed by atoms with Gasteiger partial charge in [-0.05, 0) is 42.7 Å². The van der Waals surface area contributed by atoms with Crippen molar-refractivity contribution in [1.29, 1.82) is 0 Å². The molecule has 7 nitrogen and oxygen atoms in total. The second-order valence-corrected chi connectivity index (χ2v) is 13.0. The van der Waals surface area contributed by atoms with Crippen LogP contribution in [0.25, 0.3) is 10.2 Å². The lowest BCUT2D eigenvalue weighted by Crippen LogP contribution is -2.49. The highest BCUT2D eigenvalue weighted by atomic mass is 35.5. The molecule has 5 rings (SSSR count). The molecule has 36 heavy (non-hydrogen) atoms. The maximum Gasteiger partial charge on any atom is 0.239 e. The predicted octanol–water partition coefficient (Wildman–Crippen LogP) is 4.53.